The predicted octanol–water partition coefficient (Wildman–Crippen LogP) is 2.52. The fourth-order valence-corrected chi connectivity index (χ4v) is 4.29. The van der Waals surface area contributed by atoms with Crippen molar-refractivity contribution >= 4 is 29.1 Å². The minimum absolute atomic E-state index is 0.00821. The monoisotopic (exact) mass is 395 g/mol. The molecule has 8 heteroatoms. The van der Waals surface area contributed by atoms with Crippen molar-refractivity contribution in [3.05, 3.63) is 22.2 Å². The van der Waals surface area contributed by atoms with Crippen LogP contribution in [0.25, 0.3) is 0 Å². The average molecular weight is 396 g/mol. The Labute approximate surface area is 164 Å². The molecule has 1 aromatic heterocycles. The largest absolute Gasteiger partial charge is 0.383 e. The number of Topliss-reactive ketones (excluding diaryl/α,β-unsaturated/α-hetero) is 2. The van der Waals surface area contributed by atoms with Crippen LogP contribution in [0.15, 0.2) is 11.0 Å². The Morgan fingerprint density at radius 3 is 2.78 bits per heavy atom. The van der Waals surface area contributed by atoms with Gasteiger partial charge in [-0.25, -0.2) is 4.79 Å². The zero-order chi connectivity index (χ0) is 20.0. The van der Waals surface area contributed by atoms with Crippen molar-refractivity contribution in [3.63, 3.8) is 0 Å². The molecule has 0 aromatic carbocycles. The number of nitrogens with zero attached hydrogens (tertiary/aromatic N) is 2. The number of ether oxygens (including phenoxy) is 1. The van der Waals surface area contributed by atoms with Gasteiger partial charge in [0.1, 0.15) is 23.6 Å². The second-order valence-corrected chi connectivity index (χ2v) is 8.34. The molecule has 1 saturated heterocycles. The SMILES string of the molecule is CCCC(=O)CC(SCCc1cn(C2CCC(C)O2)c(=O)nc1N)C(C)=O. The highest BCUT2D eigenvalue weighted by atomic mass is 32.2. The number of aromatic nitrogens is 2. The number of thioether (sulfide) groups is 1. The quantitative estimate of drug-likeness (QED) is 0.649. The van der Waals surface area contributed by atoms with E-state index in [0.29, 0.717) is 18.6 Å². The maximum Gasteiger partial charge on any atom is 0.351 e. The molecule has 27 heavy (non-hydrogen) atoms. The number of hydrogen-bond acceptors (Lipinski definition) is 7. The highest BCUT2D eigenvalue weighted by molar-refractivity contribution is 8.00. The van der Waals surface area contributed by atoms with Gasteiger partial charge in [0.25, 0.3) is 0 Å². The first-order chi connectivity index (χ1) is 12.8. The summed E-state index contributed by atoms with van der Waals surface area (Å²) < 4.78 is 7.27. The summed E-state index contributed by atoms with van der Waals surface area (Å²) in [6.07, 6.45) is 5.35. The first-order valence-corrected chi connectivity index (χ1v) is 10.5. The summed E-state index contributed by atoms with van der Waals surface area (Å²) in [5.41, 5.74) is 6.27. The number of hydrogen-bond donors (Lipinski definition) is 1. The Bertz CT molecular complexity index is 734. The number of anilines is 1. The second-order valence-electron chi connectivity index (χ2n) is 7.03. The predicted molar refractivity (Wildman–Crippen MR) is 107 cm³/mol. The van der Waals surface area contributed by atoms with Crippen LogP contribution >= 0.6 is 11.8 Å². The van der Waals surface area contributed by atoms with Crippen LogP contribution in [0.5, 0.6) is 0 Å². The maximum absolute atomic E-state index is 12.1. The Hall–Kier alpha value is -1.67. The third-order valence-corrected chi connectivity index (χ3v) is 6.01. The lowest BCUT2D eigenvalue weighted by atomic mass is 10.1. The normalized spacial score (nSPS) is 20.6. The van der Waals surface area contributed by atoms with Gasteiger partial charge in [-0.15, -0.1) is 11.8 Å². The maximum atomic E-state index is 12.1. The molecule has 7 nitrogen and oxygen atoms in total. The average Bonchev–Trinajstić information content (AvgIpc) is 3.02. The van der Waals surface area contributed by atoms with Crippen LogP contribution < -0.4 is 11.4 Å². The summed E-state index contributed by atoms with van der Waals surface area (Å²) in [7, 11) is 0. The van der Waals surface area contributed by atoms with E-state index in [0.717, 1.165) is 24.8 Å². The molecule has 1 fully saturated rings. The van der Waals surface area contributed by atoms with E-state index in [1.54, 1.807) is 6.20 Å². The first kappa shape index (κ1) is 21.6. The molecule has 1 aromatic rings. The lowest BCUT2D eigenvalue weighted by Crippen LogP contribution is -2.28. The molecule has 150 valence electrons. The van der Waals surface area contributed by atoms with E-state index in [2.05, 4.69) is 4.98 Å². The topological polar surface area (TPSA) is 104 Å². The molecule has 3 atom stereocenters. The summed E-state index contributed by atoms with van der Waals surface area (Å²) in [5.74, 6) is 0.959. The standard InChI is InChI=1S/C19H29N3O4S/c1-4-5-15(24)10-16(13(3)23)27-9-8-14-11-22(19(25)21-18(14)20)17-7-6-12(2)26-17/h11-12,16-17H,4-10H2,1-3H3,(H2,20,21,25). The molecular weight excluding hydrogens is 366 g/mol. The number of aryl methyl sites for hydroxylation is 1. The summed E-state index contributed by atoms with van der Waals surface area (Å²) in [4.78, 5) is 39.7. The molecule has 3 unspecified atom stereocenters. The molecule has 0 radical (unpaired) electrons. The fourth-order valence-electron chi connectivity index (χ4n) is 3.13. The zero-order valence-corrected chi connectivity index (χ0v) is 17.1. The van der Waals surface area contributed by atoms with E-state index in [1.807, 2.05) is 13.8 Å². The lowest BCUT2D eigenvalue weighted by molar-refractivity contribution is -0.122. The fraction of sp³-hybridized carbons (Fsp3) is 0.684. The van der Waals surface area contributed by atoms with Crippen molar-refractivity contribution in [2.45, 2.75) is 76.9 Å². The van der Waals surface area contributed by atoms with E-state index >= 15 is 0 Å². The highest BCUT2D eigenvalue weighted by Crippen LogP contribution is 2.27. The molecule has 1 aliphatic rings. The van der Waals surface area contributed by atoms with Crippen LogP contribution in [-0.2, 0) is 20.7 Å². The van der Waals surface area contributed by atoms with E-state index in [1.165, 1.54) is 23.3 Å². The number of nitrogens with two attached hydrogens (primary N) is 1. The van der Waals surface area contributed by atoms with Crippen molar-refractivity contribution in [2.24, 2.45) is 0 Å². The van der Waals surface area contributed by atoms with Crippen LogP contribution in [0.1, 0.15) is 64.7 Å². The van der Waals surface area contributed by atoms with Gasteiger partial charge in [-0.05, 0) is 45.3 Å². The lowest BCUT2D eigenvalue weighted by Gasteiger charge is -2.17. The van der Waals surface area contributed by atoms with E-state index in [-0.39, 0.29) is 41.4 Å². The Balaban J connectivity index is 2.01. The van der Waals surface area contributed by atoms with Gasteiger partial charge in [0.05, 0.1) is 11.4 Å². The third-order valence-electron chi connectivity index (χ3n) is 4.67. The van der Waals surface area contributed by atoms with Crippen molar-refractivity contribution in [1.82, 2.24) is 9.55 Å². The minimum atomic E-state index is -0.408. The van der Waals surface area contributed by atoms with Gasteiger partial charge < -0.3 is 10.5 Å². The molecule has 0 amide bonds. The summed E-state index contributed by atoms with van der Waals surface area (Å²) in [5, 5.41) is -0.330. The van der Waals surface area contributed by atoms with Gasteiger partial charge in [-0.1, -0.05) is 6.92 Å². The minimum Gasteiger partial charge on any atom is -0.383 e. The number of ketones is 2. The molecule has 0 bridgehead atoms. The van der Waals surface area contributed by atoms with Crippen molar-refractivity contribution in [3.8, 4) is 0 Å². The summed E-state index contributed by atoms with van der Waals surface area (Å²) >= 11 is 1.46. The Morgan fingerprint density at radius 2 is 2.19 bits per heavy atom. The summed E-state index contributed by atoms with van der Waals surface area (Å²) in [6, 6.07) is 0. The van der Waals surface area contributed by atoms with Gasteiger partial charge in [0.2, 0.25) is 0 Å². The van der Waals surface area contributed by atoms with E-state index in [4.69, 9.17) is 10.5 Å². The van der Waals surface area contributed by atoms with Crippen molar-refractivity contribution in [2.75, 3.05) is 11.5 Å². The second kappa shape index (κ2) is 10.0. The van der Waals surface area contributed by atoms with Crippen molar-refractivity contribution in [1.29, 1.82) is 0 Å². The van der Waals surface area contributed by atoms with Crippen LogP contribution in [0, 0.1) is 0 Å². The number of rotatable bonds is 10. The molecule has 0 saturated carbocycles. The van der Waals surface area contributed by atoms with Gasteiger partial charge >= 0.3 is 5.69 Å². The van der Waals surface area contributed by atoms with Gasteiger partial charge in [0.15, 0.2) is 0 Å². The van der Waals surface area contributed by atoms with Crippen LogP contribution in [0.3, 0.4) is 0 Å². The number of carbonyl (C=O) groups excluding carboxylic acids is 2. The Kier molecular flexibility index (Phi) is 8.04. The highest BCUT2D eigenvalue weighted by Gasteiger charge is 2.25. The van der Waals surface area contributed by atoms with E-state index in [9.17, 15) is 14.4 Å². The molecule has 1 aliphatic heterocycles. The number of nitrogen functional groups attached to an aromatic ring is 1. The molecule has 2 N–H and O–H groups in total. The molecular formula is C19H29N3O4S. The molecule has 2 heterocycles. The van der Waals surface area contributed by atoms with Gasteiger partial charge in [0, 0.05) is 24.6 Å². The van der Waals surface area contributed by atoms with Crippen LogP contribution in [0.2, 0.25) is 0 Å². The first-order valence-electron chi connectivity index (χ1n) is 9.48. The molecule has 0 aliphatic carbocycles. The number of carbonyl (C=O) groups is 2. The van der Waals surface area contributed by atoms with Crippen LogP contribution in [0.4, 0.5) is 5.82 Å². The van der Waals surface area contributed by atoms with Gasteiger partial charge in [-0.2, -0.15) is 4.98 Å². The summed E-state index contributed by atoms with van der Waals surface area (Å²) in [6.45, 7) is 5.45. The molecule has 2 rings (SSSR count). The van der Waals surface area contributed by atoms with E-state index < -0.39 is 5.69 Å². The zero-order valence-electron chi connectivity index (χ0n) is 16.3. The van der Waals surface area contributed by atoms with Crippen molar-refractivity contribution < 1.29 is 14.3 Å². The third kappa shape index (κ3) is 6.17. The molecule has 0 spiro atoms. The van der Waals surface area contributed by atoms with Gasteiger partial charge in [-0.3, -0.25) is 14.2 Å². The van der Waals surface area contributed by atoms with Crippen LogP contribution in [-0.4, -0.2) is 38.2 Å². The smallest absolute Gasteiger partial charge is 0.351 e. The Morgan fingerprint density at radius 1 is 1.44 bits per heavy atom.